The molecule has 1 aromatic carbocycles. The van der Waals surface area contributed by atoms with E-state index in [4.69, 9.17) is 9.97 Å². The average Bonchev–Trinajstić information content (AvgIpc) is 3.23. The van der Waals surface area contributed by atoms with E-state index in [1.807, 2.05) is 37.4 Å². The Hall–Kier alpha value is -4.25. The zero-order valence-corrected chi connectivity index (χ0v) is 18.7. The summed E-state index contributed by atoms with van der Waals surface area (Å²) in [6, 6.07) is 13.1. The number of nitriles is 1. The molecule has 0 aliphatic carbocycles. The molecule has 0 aliphatic heterocycles. The number of nitrogens with zero attached hydrogens (tertiary/aromatic N) is 6. The van der Waals surface area contributed by atoms with Gasteiger partial charge in [0, 0.05) is 47.9 Å². The molecule has 0 saturated heterocycles. The van der Waals surface area contributed by atoms with Crippen LogP contribution in [-0.4, -0.2) is 36.4 Å². The van der Waals surface area contributed by atoms with Gasteiger partial charge in [0.05, 0.1) is 11.8 Å². The molecule has 8 heteroatoms. The fourth-order valence-corrected chi connectivity index (χ4v) is 3.57. The molecule has 166 valence electrons. The number of aromatic nitrogens is 5. The summed E-state index contributed by atoms with van der Waals surface area (Å²) in [7, 11) is 0. The maximum Gasteiger partial charge on any atom is 0.163 e. The average molecular weight is 440 g/mol. The van der Waals surface area contributed by atoms with Crippen LogP contribution in [0.1, 0.15) is 25.3 Å². The van der Waals surface area contributed by atoms with Gasteiger partial charge >= 0.3 is 0 Å². The first kappa shape index (κ1) is 22.0. The largest absolute Gasteiger partial charge is 0.508 e. The second kappa shape index (κ2) is 9.92. The minimum Gasteiger partial charge on any atom is -0.508 e. The SMILES string of the molecule is CCCCNc1cc(-c2cn(CC#N)nc2-c2cc(C)cc(O)c2)nc(-c2cccnc2)n1. The van der Waals surface area contributed by atoms with Gasteiger partial charge in [0.2, 0.25) is 0 Å². The maximum atomic E-state index is 10.2. The molecule has 0 radical (unpaired) electrons. The van der Waals surface area contributed by atoms with Gasteiger partial charge in [-0.25, -0.2) is 9.97 Å². The summed E-state index contributed by atoms with van der Waals surface area (Å²) >= 11 is 0. The number of aryl methyl sites for hydroxylation is 1. The van der Waals surface area contributed by atoms with Crippen LogP contribution < -0.4 is 5.32 Å². The number of unbranched alkanes of at least 4 members (excludes halogenated alkanes) is 1. The molecule has 3 heterocycles. The normalized spacial score (nSPS) is 10.7. The number of hydrogen-bond acceptors (Lipinski definition) is 7. The minimum atomic E-state index is 0.104. The number of hydrogen-bond donors (Lipinski definition) is 2. The third kappa shape index (κ3) is 5.15. The summed E-state index contributed by atoms with van der Waals surface area (Å²) in [4.78, 5) is 13.7. The highest BCUT2D eigenvalue weighted by Gasteiger charge is 2.18. The smallest absolute Gasteiger partial charge is 0.163 e. The zero-order chi connectivity index (χ0) is 23.2. The third-order valence-corrected chi connectivity index (χ3v) is 5.09. The van der Waals surface area contributed by atoms with Crippen molar-refractivity contribution in [1.82, 2.24) is 24.7 Å². The van der Waals surface area contributed by atoms with Gasteiger partial charge < -0.3 is 10.4 Å². The van der Waals surface area contributed by atoms with Crippen LogP contribution in [0, 0.1) is 18.3 Å². The Morgan fingerprint density at radius 1 is 1.15 bits per heavy atom. The van der Waals surface area contributed by atoms with Gasteiger partial charge in [0.25, 0.3) is 0 Å². The fraction of sp³-hybridized carbons (Fsp3) is 0.240. The predicted molar refractivity (Wildman–Crippen MR) is 127 cm³/mol. The first-order valence-electron chi connectivity index (χ1n) is 10.9. The molecule has 0 saturated carbocycles. The van der Waals surface area contributed by atoms with Crippen molar-refractivity contribution < 1.29 is 5.11 Å². The van der Waals surface area contributed by atoms with Crippen molar-refractivity contribution in [3.8, 4) is 45.7 Å². The Balaban J connectivity index is 1.88. The molecule has 4 aromatic rings. The highest BCUT2D eigenvalue weighted by molar-refractivity contribution is 5.81. The molecule has 0 bridgehead atoms. The molecule has 2 N–H and O–H groups in total. The van der Waals surface area contributed by atoms with Crippen molar-refractivity contribution in [3.05, 3.63) is 60.6 Å². The Kier molecular flexibility index (Phi) is 6.60. The molecule has 0 amide bonds. The highest BCUT2D eigenvalue weighted by atomic mass is 16.3. The van der Waals surface area contributed by atoms with Gasteiger partial charge in [-0.05, 0) is 49.2 Å². The second-order valence-corrected chi connectivity index (χ2v) is 7.79. The molecule has 8 nitrogen and oxygen atoms in total. The molecule has 0 atom stereocenters. The number of phenols is 1. The van der Waals surface area contributed by atoms with E-state index in [1.165, 1.54) is 0 Å². The lowest BCUT2D eigenvalue weighted by Crippen LogP contribution is -2.05. The van der Waals surface area contributed by atoms with Crippen LogP contribution in [0.2, 0.25) is 0 Å². The van der Waals surface area contributed by atoms with Crippen molar-refractivity contribution in [3.63, 3.8) is 0 Å². The van der Waals surface area contributed by atoms with Crippen molar-refractivity contribution >= 4 is 5.82 Å². The quantitative estimate of drug-likeness (QED) is 0.379. The van der Waals surface area contributed by atoms with E-state index < -0.39 is 0 Å². The molecule has 3 aromatic heterocycles. The maximum absolute atomic E-state index is 10.2. The summed E-state index contributed by atoms with van der Waals surface area (Å²) in [6.07, 6.45) is 7.34. The van der Waals surface area contributed by atoms with Gasteiger partial charge in [-0.15, -0.1) is 0 Å². The van der Waals surface area contributed by atoms with E-state index in [-0.39, 0.29) is 12.3 Å². The van der Waals surface area contributed by atoms with Gasteiger partial charge in [0.15, 0.2) is 5.82 Å². The van der Waals surface area contributed by atoms with Crippen molar-refractivity contribution in [1.29, 1.82) is 5.26 Å². The van der Waals surface area contributed by atoms with Gasteiger partial charge in [0.1, 0.15) is 23.8 Å². The predicted octanol–water partition coefficient (Wildman–Crippen LogP) is 4.82. The number of benzene rings is 1. The topological polar surface area (TPSA) is 113 Å². The van der Waals surface area contributed by atoms with Crippen LogP contribution in [0.3, 0.4) is 0 Å². The first-order chi connectivity index (χ1) is 16.1. The molecular formula is C25H25N7O. The van der Waals surface area contributed by atoms with Crippen molar-refractivity contribution in [2.75, 3.05) is 11.9 Å². The Morgan fingerprint density at radius 2 is 2.03 bits per heavy atom. The van der Waals surface area contributed by atoms with E-state index in [0.717, 1.165) is 41.6 Å². The summed E-state index contributed by atoms with van der Waals surface area (Å²) in [5.74, 6) is 1.41. The first-order valence-corrected chi connectivity index (χ1v) is 10.9. The van der Waals surface area contributed by atoms with E-state index in [1.54, 1.807) is 29.2 Å². The lowest BCUT2D eigenvalue weighted by Gasteiger charge is -2.10. The van der Waals surface area contributed by atoms with Gasteiger partial charge in [-0.2, -0.15) is 10.4 Å². The summed E-state index contributed by atoms with van der Waals surface area (Å²) < 4.78 is 1.58. The fourth-order valence-electron chi connectivity index (χ4n) is 3.57. The van der Waals surface area contributed by atoms with Crippen LogP contribution >= 0.6 is 0 Å². The Morgan fingerprint density at radius 3 is 2.76 bits per heavy atom. The highest BCUT2D eigenvalue weighted by Crippen LogP contribution is 2.34. The third-order valence-electron chi connectivity index (χ3n) is 5.09. The number of nitrogens with one attached hydrogen (secondary N) is 1. The summed E-state index contributed by atoms with van der Waals surface area (Å²) in [6.45, 7) is 4.95. The standard InChI is InChI=1S/C25H25N7O/c1-3-4-9-28-23-14-22(29-25(30-23)18-6-5-8-27-15-18)21-16-32(10-7-26)31-24(21)19-11-17(2)12-20(33)13-19/h5-6,8,11-16,33H,3-4,9-10H2,1-2H3,(H,28,29,30). The van der Waals surface area contributed by atoms with Crippen LogP contribution in [0.15, 0.2) is 55.0 Å². The lowest BCUT2D eigenvalue weighted by molar-refractivity contribution is 0.475. The van der Waals surface area contributed by atoms with Crippen molar-refractivity contribution in [2.45, 2.75) is 33.2 Å². The number of pyridine rings is 1. The Labute approximate surface area is 192 Å². The van der Waals surface area contributed by atoms with Crippen molar-refractivity contribution in [2.24, 2.45) is 0 Å². The van der Waals surface area contributed by atoms with Crippen LogP contribution in [0.4, 0.5) is 5.82 Å². The Bertz CT molecular complexity index is 1270. The molecule has 0 fully saturated rings. The number of phenolic OH excluding ortho intramolecular Hbond substituents is 1. The van der Waals surface area contributed by atoms with Gasteiger partial charge in [-0.1, -0.05) is 13.3 Å². The second-order valence-electron chi connectivity index (χ2n) is 7.79. The summed E-state index contributed by atoms with van der Waals surface area (Å²) in [5, 5.41) is 27.4. The molecule has 0 aliphatic rings. The molecule has 4 rings (SSSR count). The van der Waals surface area contributed by atoms with Crippen LogP contribution in [0.25, 0.3) is 33.9 Å². The van der Waals surface area contributed by atoms with E-state index >= 15 is 0 Å². The van der Waals surface area contributed by atoms with Crippen LogP contribution in [0.5, 0.6) is 5.75 Å². The van der Waals surface area contributed by atoms with E-state index in [0.29, 0.717) is 23.0 Å². The number of aromatic hydroxyl groups is 1. The zero-order valence-electron chi connectivity index (χ0n) is 18.7. The molecule has 0 spiro atoms. The number of rotatable bonds is 8. The van der Waals surface area contributed by atoms with Gasteiger partial charge in [-0.3, -0.25) is 9.67 Å². The molecular weight excluding hydrogens is 414 g/mol. The van der Waals surface area contributed by atoms with E-state index in [9.17, 15) is 10.4 Å². The minimum absolute atomic E-state index is 0.104. The van der Waals surface area contributed by atoms with Crippen LogP contribution in [-0.2, 0) is 6.54 Å². The van der Waals surface area contributed by atoms with E-state index in [2.05, 4.69) is 28.4 Å². The molecule has 0 unspecified atom stereocenters. The molecule has 33 heavy (non-hydrogen) atoms. The summed E-state index contributed by atoms with van der Waals surface area (Å²) in [5.41, 5.74) is 4.52. The monoisotopic (exact) mass is 439 g/mol. The number of anilines is 1. The lowest BCUT2D eigenvalue weighted by atomic mass is 10.0.